The topological polar surface area (TPSA) is 110 Å². The summed E-state index contributed by atoms with van der Waals surface area (Å²) < 4.78 is 7.80. The Morgan fingerprint density at radius 3 is 2.29 bits per heavy atom. The molecule has 3 N–H and O–H groups in total. The summed E-state index contributed by atoms with van der Waals surface area (Å²) in [7, 11) is 0. The maximum Gasteiger partial charge on any atom is 0.408 e. The number of hydrogen-bond donors (Lipinski definition) is 3. The van der Waals surface area contributed by atoms with E-state index in [2.05, 4.69) is 50.8 Å². The zero-order valence-electron chi connectivity index (χ0n) is 27.9. The van der Waals surface area contributed by atoms with E-state index in [1.807, 2.05) is 89.2 Å². The number of rotatable bonds is 6. The smallest absolute Gasteiger partial charge is 0.408 e. The predicted molar refractivity (Wildman–Crippen MR) is 189 cm³/mol. The highest BCUT2D eigenvalue weighted by molar-refractivity contribution is 5.93. The summed E-state index contributed by atoms with van der Waals surface area (Å²) in [4.78, 5) is 35.3. The molecule has 0 radical (unpaired) electrons. The minimum absolute atomic E-state index is 0.0316. The van der Waals surface area contributed by atoms with Gasteiger partial charge in [-0.05, 0) is 82.0 Å². The molecule has 9 nitrogen and oxygen atoms in total. The molecular formula is C39H40N6O3. The molecule has 2 aliphatic rings. The molecule has 48 heavy (non-hydrogen) atoms. The third-order valence-electron chi connectivity index (χ3n) is 8.93. The van der Waals surface area contributed by atoms with E-state index in [0.717, 1.165) is 81.6 Å². The van der Waals surface area contributed by atoms with Gasteiger partial charge < -0.3 is 20.7 Å². The van der Waals surface area contributed by atoms with Crippen LogP contribution in [0.3, 0.4) is 0 Å². The lowest BCUT2D eigenvalue weighted by molar-refractivity contribution is -0.118. The molecule has 9 heteroatoms. The molecule has 0 atom stereocenters. The molecular weight excluding hydrogens is 600 g/mol. The lowest BCUT2D eigenvalue weighted by Gasteiger charge is -2.43. The maximum absolute atomic E-state index is 12.8. The van der Waals surface area contributed by atoms with Crippen molar-refractivity contribution in [3.05, 3.63) is 96.7 Å². The Balaban J connectivity index is 1.36. The third kappa shape index (κ3) is 5.81. The average Bonchev–Trinajstić information content (AvgIpc) is 3.37. The number of imidazole rings is 1. The van der Waals surface area contributed by atoms with E-state index in [9.17, 15) is 9.59 Å². The van der Waals surface area contributed by atoms with Crippen LogP contribution in [0.25, 0.3) is 39.6 Å². The Morgan fingerprint density at radius 2 is 1.62 bits per heavy atom. The number of carbonyl (C=O) groups is 2. The van der Waals surface area contributed by atoms with E-state index >= 15 is 0 Å². The maximum atomic E-state index is 12.8. The minimum Gasteiger partial charge on any atom is -0.444 e. The van der Waals surface area contributed by atoms with Crippen molar-refractivity contribution >= 4 is 29.2 Å². The standard InChI is InChI=1S/C39H40N6O3/c1-24(2)36(46)41-28-19-15-25(16-20-28)32-33(26-13-17-27(18-14-26)39(21-9-22-39)44-37(47)48-38(3,4)5)45-31-12-8-23-40-34(31)42-30-11-7-6-10-29(30)35(45)43-32/h6-8,10-20,23-24H,9,21-22H2,1-5H3,(H,40,42)(H,41,46)(H,44,47). The Morgan fingerprint density at radius 1 is 0.917 bits per heavy atom. The lowest BCUT2D eigenvalue weighted by Crippen LogP contribution is -2.52. The number of benzene rings is 3. The van der Waals surface area contributed by atoms with Crippen molar-refractivity contribution in [2.75, 3.05) is 10.6 Å². The number of para-hydroxylation sites is 1. The number of pyridine rings is 1. The predicted octanol–water partition coefficient (Wildman–Crippen LogP) is 8.82. The summed E-state index contributed by atoms with van der Waals surface area (Å²) in [6, 6.07) is 28.4. The van der Waals surface area contributed by atoms with Gasteiger partial charge in [0.1, 0.15) is 11.4 Å². The van der Waals surface area contributed by atoms with Gasteiger partial charge in [0.2, 0.25) is 5.91 Å². The van der Waals surface area contributed by atoms with Gasteiger partial charge in [-0.25, -0.2) is 14.8 Å². The number of hydrogen-bond acceptors (Lipinski definition) is 6. The second kappa shape index (κ2) is 12.0. The first-order valence-corrected chi connectivity index (χ1v) is 16.5. The van der Waals surface area contributed by atoms with Crippen LogP contribution in [0, 0.1) is 5.92 Å². The number of alkyl carbamates (subject to hydrolysis) is 1. The molecule has 3 aromatic carbocycles. The van der Waals surface area contributed by atoms with Gasteiger partial charge >= 0.3 is 6.09 Å². The highest BCUT2D eigenvalue weighted by Gasteiger charge is 2.41. The van der Waals surface area contributed by atoms with Gasteiger partial charge in [-0.2, -0.15) is 0 Å². The molecule has 2 amide bonds. The van der Waals surface area contributed by atoms with Crippen molar-refractivity contribution < 1.29 is 14.3 Å². The number of ether oxygens (including phenoxy) is 1. The molecule has 2 aromatic heterocycles. The van der Waals surface area contributed by atoms with E-state index in [-0.39, 0.29) is 11.8 Å². The molecule has 7 rings (SSSR count). The quantitative estimate of drug-likeness (QED) is 0.168. The fourth-order valence-corrected chi connectivity index (χ4v) is 6.35. The largest absolute Gasteiger partial charge is 0.444 e. The molecule has 5 aromatic rings. The van der Waals surface area contributed by atoms with Crippen molar-refractivity contribution in [2.24, 2.45) is 5.92 Å². The third-order valence-corrected chi connectivity index (χ3v) is 8.93. The van der Waals surface area contributed by atoms with Crippen LogP contribution in [-0.4, -0.2) is 32.1 Å². The number of amides is 2. The highest BCUT2D eigenvalue weighted by atomic mass is 16.6. The van der Waals surface area contributed by atoms with Gasteiger partial charge in [0.15, 0.2) is 5.82 Å². The number of anilines is 3. The summed E-state index contributed by atoms with van der Waals surface area (Å²) in [5, 5.41) is 9.69. The summed E-state index contributed by atoms with van der Waals surface area (Å²) in [5.74, 6) is 1.37. The normalized spacial score (nSPS) is 14.4. The number of aromatic nitrogens is 3. The van der Waals surface area contributed by atoms with Crippen LogP contribution in [0.5, 0.6) is 0 Å². The molecule has 1 saturated carbocycles. The summed E-state index contributed by atoms with van der Waals surface area (Å²) in [6.07, 6.45) is 4.10. The van der Waals surface area contributed by atoms with Crippen LogP contribution in [-0.2, 0) is 15.1 Å². The van der Waals surface area contributed by atoms with Gasteiger partial charge in [0.05, 0.1) is 28.3 Å². The first-order chi connectivity index (χ1) is 23.0. The Kier molecular flexibility index (Phi) is 7.78. The second-order valence-corrected chi connectivity index (χ2v) is 13.9. The molecule has 1 aliphatic carbocycles. The monoisotopic (exact) mass is 640 g/mol. The number of fused-ring (bicyclic) bond motifs is 5. The van der Waals surface area contributed by atoms with E-state index in [4.69, 9.17) is 14.7 Å². The van der Waals surface area contributed by atoms with Crippen molar-refractivity contribution in [1.82, 2.24) is 19.9 Å². The van der Waals surface area contributed by atoms with Gasteiger partial charge in [-0.1, -0.05) is 62.4 Å². The molecule has 0 spiro atoms. The first-order valence-electron chi connectivity index (χ1n) is 16.5. The van der Waals surface area contributed by atoms with Crippen molar-refractivity contribution in [2.45, 2.75) is 65.0 Å². The zero-order chi connectivity index (χ0) is 33.6. The van der Waals surface area contributed by atoms with Crippen molar-refractivity contribution in [1.29, 1.82) is 0 Å². The van der Waals surface area contributed by atoms with Gasteiger partial charge in [-0.15, -0.1) is 0 Å². The number of nitrogens with one attached hydrogen (secondary N) is 3. The van der Waals surface area contributed by atoms with E-state index in [0.29, 0.717) is 0 Å². The Hall–Kier alpha value is -5.44. The minimum atomic E-state index is -0.577. The van der Waals surface area contributed by atoms with Crippen LogP contribution in [0.4, 0.5) is 22.0 Å². The van der Waals surface area contributed by atoms with Crippen LogP contribution in [0.15, 0.2) is 91.1 Å². The summed E-state index contributed by atoms with van der Waals surface area (Å²) >= 11 is 0. The fourth-order valence-electron chi connectivity index (χ4n) is 6.35. The van der Waals surface area contributed by atoms with Crippen molar-refractivity contribution in [3.63, 3.8) is 0 Å². The molecule has 0 unspecified atom stereocenters. The van der Waals surface area contributed by atoms with Crippen molar-refractivity contribution in [3.8, 4) is 39.6 Å². The second-order valence-electron chi connectivity index (χ2n) is 13.9. The average molecular weight is 641 g/mol. The molecule has 0 saturated heterocycles. The van der Waals surface area contributed by atoms with Crippen LogP contribution < -0.4 is 16.0 Å². The summed E-state index contributed by atoms with van der Waals surface area (Å²) in [5.41, 5.74) is 7.07. The van der Waals surface area contributed by atoms with Gasteiger partial charge in [0.25, 0.3) is 0 Å². The SMILES string of the molecule is CC(C)C(=O)Nc1ccc(-c2nc3n(c2-c2ccc(C4(NC(=O)OC(C)(C)C)CCC4)cc2)-c2cccnc2Nc2ccccc2-3)cc1. The van der Waals surface area contributed by atoms with Crippen LogP contribution >= 0.6 is 0 Å². The Bertz CT molecular complexity index is 2000. The summed E-state index contributed by atoms with van der Waals surface area (Å²) in [6.45, 7) is 9.37. The zero-order valence-corrected chi connectivity index (χ0v) is 27.9. The van der Waals surface area contributed by atoms with E-state index in [1.54, 1.807) is 6.20 Å². The van der Waals surface area contributed by atoms with Gasteiger partial charge in [-0.3, -0.25) is 9.36 Å². The number of nitrogens with zero attached hydrogens (tertiary/aromatic N) is 3. The number of carbonyl (C=O) groups excluding carboxylic acids is 2. The fraction of sp³-hybridized carbons (Fsp3) is 0.282. The highest BCUT2D eigenvalue weighted by Crippen LogP contribution is 2.46. The molecule has 244 valence electrons. The molecule has 1 fully saturated rings. The van der Waals surface area contributed by atoms with Crippen LogP contribution in [0.2, 0.25) is 0 Å². The first kappa shape index (κ1) is 31.2. The molecule has 3 heterocycles. The van der Waals surface area contributed by atoms with Gasteiger partial charge in [0, 0.05) is 34.5 Å². The molecule has 0 bridgehead atoms. The lowest BCUT2D eigenvalue weighted by atomic mass is 9.71. The Labute approximate surface area is 280 Å². The van der Waals surface area contributed by atoms with E-state index in [1.165, 1.54) is 0 Å². The van der Waals surface area contributed by atoms with E-state index < -0.39 is 17.2 Å². The van der Waals surface area contributed by atoms with Crippen LogP contribution in [0.1, 0.15) is 59.4 Å². The molecule has 1 aliphatic heterocycles.